The highest BCUT2D eigenvalue weighted by Gasteiger charge is 2.11. The van der Waals surface area contributed by atoms with Crippen LogP contribution in [0.4, 0.5) is 11.4 Å². The number of hydrogen-bond acceptors (Lipinski definition) is 5. The molecule has 1 heterocycles. The Morgan fingerprint density at radius 1 is 0.968 bits per heavy atom. The van der Waals surface area contributed by atoms with Crippen LogP contribution in [0.3, 0.4) is 0 Å². The fraction of sp³-hybridized carbons (Fsp3) is 0.200. The van der Waals surface area contributed by atoms with E-state index in [0.29, 0.717) is 0 Å². The van der Waals surface area contributed by atoms with Gasteiger partial charge in [0.15, 0.2) is 6.61 Å². The number of nitrogens with zero attached hydrogens (tertiary/aromatic N) is 2. The van der Waals surface area contributed by atoms with E-state index in [0.717, 1.165) is 54.4 Å². The first-order valence-electron chi connectivity index (χ1n) is 10.3. The van der Waals surface area contributed by atoms with Crippen molar-refractivity contribution in [3.8, 4) is 11.1 Å². The molecule has 1 saturated heterocycles. The SMILES string of the molecule is O=C(CO/N=C/c1ccc(N2CCOCC2)cc1)Nc1ccccc1-c1ccccc1. The van der Waals surface area contributed by atoms with Crippen molar-refractivity contribution in [2.75, 3.05) is 43.1 Å². The van der Waals surface area contributed by atoms with Gasteiger partial charge in [0.05, 0.1) is 19.4 Å². The molecule has 0 atom stereocenters. The highest BCUT2D eigenvalue weighted by atomic mass is 16.6. The Balaban J connectivity index is 1.28. The zero-order valence-electron chi connectivity index (χ0n) is 17.2. The molecule has 4 rings (SSSR count). The summed E-state index contributed by atoms with van der Waals surface area (Å²) in [5.41, 5.74) is 4.81. The van der Waals surface area contributed by atoms with Crippen molar-refractivity contribution < 1.29 is 14.4 Å². The van der Waals surface area contributed by atoms with Crippen LogP contribution in [0.1, 0.15) is 5.56 Å². The van der Waals surface area contributed by atoms with Crippen LogP contribution in [0, 0.1) is 0 Å². The number of amides is 1. The number of nitrogens with one attached hydrogen (secondary N) is 1. The van der Waals surface area contributed by atoms with Crippen LogP contribution in [0.2, 0.25) is 0 Å². The second-order valence-electron chi connectivity index (χ2n) is 7.16. The van der Waals surface area contributed by atoms with E-state index in [4.69, 9.17) is 9.57 Å². The van der Waals surface area contributed by atoms with Crippen molar-refractivity contribution in [2.45, 2.75) is 0 Å². The molecule has 3 aromatic carbocycles. The highest BCUT2D eigenvalue weighted by Crippen LogP contribution is 2.27. The van der Waals surface area contributed by atoms with Crippen LogP contribution in [0.25, 0.3) is 11.1 Å². The van der Waals surface area contributed by atoms with E-state index in [1.54, 1.807) is 6.21 Å². The Morgan fingerprint density at radius 2 is 1.68 bits per heavy atom. The monoisotopic (exact) mass is 415 g/mol. The molecule has 1 N–H and O–H groups in total. The summed E-state index contributed by atoms with van der Waals surface area (Å²) in [6.07, 6.45) is 1.61. The van der Waals surface area contributed by atoms with Gasteiger partial charge in [0.2, 0.25) is 0 Å². The van der Waals surface area contributed by atoms with Crippen LogP contribution in [-0.2, 0) is 14.4 Å². The maximum absolute atomic E-state index is 12.3. The lowest BCUT2D eigenvalue weighted by atomic mass is 10.0. The van der Waals surface area contributed by atoms with Crippen molar-refractivity contribution in [1.29, 1.82) is 0 Å². The van der Waals surface area contributed by atoms with Crippen LogP contribution in [0.5, 0.6) is 0 Å². The lowest BCUT2D eigenvalue weighted by Crippen LogP contribution is -2.36. The third-order valence-corrected chi connectivity index (χ3v) is 5.03. The second kappa shape index (κ2) is 10.4. The highest BCUT2D eigenvalue weighted by molar-refractivity contribution is 5.96. The quantitative estimate of drug-likeness (QED) is 0.465. The van der Waals surface area contributed by atoms with Crippen molar-refractivity contribution >= 4 is 23.5 Å². The number of oxime groups is 1. The molecule has 0 bridgehead atoms. The van der Waals surface area contributed by atoms with Gasteiger partial charge >= 0.3 is 0 Å². The minimum absolute atomic E-state index is 0.161. The smallest absolute Gasteiger partial charge is 0.265 e. The summed E-state index contributed by atoms with van der Waals surface area (Å²) in [6, 6.07) is 25.7. The molecule has 6 heteroatoms. The molecule has 158 valence electrons. The minimum Gasteiger partial charge on any atom is -0.386 e. The lowest BCUT2D eigenvalue weighted by molar-refractivity contribution is -0.120. The van der Waals surface area contributed by atoms with Crippen molar-refractivity contribution in [3.05, 3.63) is 84.4 Å². The summed E-state index contributed by atoms with van der Waals surface area (Å²) >= 11 is 0. The van der Waals surface area contributed by atoms with Crippen LogP contribution in [0.15, 0.2) is 84.0 Å². The number of para-hydroxylation sites is 1. The van der Waals surface area contributed by atoms with Gasteiger partial charge in [-0.05, 0) is 29.3 Å². The molecule has 6 nitrogen and oxygen atoms in total. The molecule has 0 saturated carbocycles. The van der Waals surface area contributed by atoms with Gasteiger partial charge in [-0.1, -0.05) is 65.8 Å². The van der Waals surface area contributed by atoms with Crippen molar-refractivity contribution in [1.82, 2.24) is 0 Å². The first kappa shape index (κ1) is 20.6. The third-order valence-electron chi connectivity index (χ3n) is 5.03. The first-order valence-corrected chi connectivity index (χ1v) is 10.3. The molecule has 31 heavy (non-hydrogen) atoms. The number of hydrogen-bond donors (Lipinski definition) is 1. The summed E-state index contributed by atoms with van der Waals surface area (Å²) in [5, 5.41) is 6.82. The van der Waals surface area contributed by atoms with Gasteiger partial charge in [-0.3, -0.25) is 4.79 Å². The second-order valence-corrected chi connectivity index (χ2v) is 7.16. The fourth-order valence-corrected chi connectivity index (χ4v) is 3.43. The van der Waals surface area contributed by atoms with Gasteiger partial charge in [-0.25, -0.2) is 0 Å². The van der Waals surface area contributed by atoms with E-state index in [2.05, 4.69) is 27.5 Å². The van der Waals surface area contributed by atoms with Crippen molar-refractivity contribution in [2.24, 2.45) is 5.16 Å². The molecular weight excluding hydrogens is 390 g/mol. The standard InChI is InChI=1S/C25H25N3O3/c29-25(27-24-9-5-4-8-23(24)21-6-2-1-3-7-21)19-31-26-18-20-10-12-22(13-11-20)28-14-16-30-17-15-28/h1-13,18H,14-17,19H2,(H,27,29)/b26-18+. The molecule has 3 aromatic rings. The van der Waals surface area contributed by atoms with Crippen LogP contribution in [-0.4, -0.2) is 45.0 Å². The summed E-state index contributed by atoms with van der Waals surface area (Å²) in [4.78, 5) is 19.8. The Kier molecular flexibility index (Phi) is 6.92. The number of morpholine rings is 1. The van der Waals surface area contributed by atoms with Crippen molar-refractivity contribution in [3.63, 3.8) is 0 Å². The van der Waals surface area contributed by atoms with Gasteiger partial charge in [0.25, 0.3) is 5.91 Å². The average molecular weight is 415 g/mol. The van der Waals surface area contributed by atoms with E-state index >= 15 is 0 Å². The molecule has 0 aliphatic carbocycles. The maximum Gasteiger partial charge on any atom is 0.265 e. The minimum atomic E-state index is -0.261. The van der Waals surface area contributed by atoms with E-state index in [1.165, 1.54) is 0 Å². The molecule has 1 fully saturated rings. The Hall–Kier alpha value is -3.64. The Morgan fingerprint density at radius 3 is 2.45 bits per heavy atom. The summed E-state index contributed by atoms with van der Waals surface area (Å²) in [7, 11) is 0. The number of carbonyl (C=O) groups is 1. The van der Waals surface area contributed by atoms with Gasteiger partial charge in [-0.15, -0.1) is 0 Å². The lowest BCUT2D eigenvalue weighted by Gasteiger charge is -2.28. The topological polar surface area (TPSA) is 63.2 Å². The molecule has 0 spiro atoms. The van der Waals surface area contributed by atoms with Crippen LogP contribution < -0.4 is 10.2 Å². The largest absolute Gasteiger partial charge is 0.386 e. The summed E-state index contributed by atoms with van der Waals surface area (Å²) in [5.74, 6) is -0.261. The Bertz CT molecular complexity index is 1010. The molecule has 0 aromatic heterocycles. The zero-order valence-corrected chi connectivity index (χ0v) is 17.2. The number of carbonyl (C=O) groups excluding carboxylic acids is 1. The predicted molar refractivity (Wildman–Crippen MR) is 124 cm³/mol. The summed E-state index contributed by atoms with van der Waals surface area (Å²) < 4.78 is 5.38. The normalized spacial score (nSPS) is 13.9. The number of rotatable bonds is 7. The molecule has 1 amide bonds. The van der Waals surface area contributed by atoms with E-state index in [-0.39, 0.29) is 12.5 Å². The first-order chi connectivity index (χ1) is 15.3. The number of benzene rings is 3. The molecule has 0 radical (unpaired) electrons. The zero-order chi connectivity index (χ0) is 21.3. The van der Waals surface area contributed by atoms with Gasteiger partial charge in [0, 0.05) is 30.0 Å². The molecule has 0 unspecified atom stereocenters. The van der Waals surface area contributed by atoms with Gasteiger partial charge in [-0.2, -0.15) is 0 Å². The third kappa shape index (κ3) is 5.71. The Labute approximate surface area is 182 Å². The summed E-state index contributed by atoms with van der Waals surface area (Å²) in [6.45, 7) is 3.16. The maximum atomic E-state index is 12.3. The van der Waals surface area contributed by atoms with E-state index in [9.17, 15) is 4.79 Å². The average Bonchev–Trinajstić information content (AvgIpc) is 2.84. The number of ether oxygens (including phenoxy) is 1. The van der Waals surface area contributed by atoms with E-state index in [1.807, 2.05) is 66.7 Å². The molecular formula is C25H25N3O3. The number of anilines is 2. The van der Waals surface area contributed by atoms with Gasteiger partial charge in [0.1, 0.15) is 0 Å². The van der Waals surface area contributed by atoms with E-state index < -0.39 is 0 Å². The fourth-order valence-electron chi connectivity index (χ4n) is 3.43. The predicted octanol–water partition coefficient (Wildman–Crippen LogP) is 4.18. The molecule has 1 aliphatic rings. The van der Waals surface area contributed by atoms with Crippen LogP contribution >= 0.6 is 0 Å². The molecule has 1 aliphatic heterocycles. The van der Waals surface area contributed by atoms with Gasteiger partial charge < -0.3 is 19.8 Å².